The summed E-state index contributed by atoms with van der Waals surface area (Å²) in [6.07, 6.45) is 5.30. The number of amides is 1. The molecule has 1 heterocycles. The molecule has 0 aromatic heterocycles. The molecular formula is C15H17BrN2O. The number of hydrogen-bond acceptors (Lipinski definition) is 2. The molecule has 2 rings (SSSR count). The van der Waals surface area contributed by atoms with Crippen molar-refractivity contribution in [3.05, 3.63) is 33.8 Å². The van der Waals surface area contributed by atoms with Gasteiger partial charge in [-0.05, 0) is 30.7 Å². The molecule has 0 saturated carbocycles. The second-order valence-electron chi connectivity index (χ2n) is 4.74. The lowest BCUT2D eigenvalue weighted by molar-refractivity contribution is 0.0652. The first-order valence-corrected chi connectivity index (χ1v) is 7.12. The van der Waals surface area contributed by atoms with E-state index in [1.807, 2.05) is 30.0 Å². The Morgan fingerprint density at radius 1 is 1.37 bits per heavy atom. The number of carbonyl (C=O) groups excluding carboxylic acids is 1. The minimum Gasteiger partial charge on any atom is -0.336 e. The smallest absolute Gasteiger partial charge is 0.253 e. The first kappa shape index (κ1) is 14.1. The third-order valence-electron chi connectivity index (χ3n) is 3.38. The highest BCUT2D eigenvalue weighted by molar-refractivity contribution is 9.10. The van der Waals surface area contributed by atoms with Crippen LogP contribution in [0.4, 0.5) is 0 Å². The van der Waals surface area contributed by atoms with E-state index in [0.717, 1.165) is 41.8 Å². The van der Waals surface area contributed by atoms with Crippen LogP contribution in [0.2, 0.25) is 0 Å². The van der Waals surface area contributed by atoms with Gasteiger partial charge in [-0.25, -0.2) is 0 Å². The fourth-order valence-corrected chi connectivity index (χ4v) is 2.45. The lowest BCUT2D eigenvalue weighted by Crippen LogP contribution is -2.48. The summed E-state index contributed by atoms with van der Waals surface area (Å²) >= 11 is 3.45. The monoisotopic (exact) mass is 320 g/mol. The molecule has 0 atom stereocenters. The van der Waals surface area contributed by atoms with Gasteiger partial charge in [0, 0.05) is 36.2 Å². The van der Waals surface area contributed by atoms with Crippen molar-refractivity contribution >= 4 is 21.8 Å². The number of piperazine rings is 1. The van der Waals surface area contributed by atoms with Gasteiger partial charge in [0.15, 0.2) is 0 Å². The fraction of sp³-hybridized carbons (Fsp3) is 0.400. The molecule has 100 valence electrons. The van der Waals surface area contributed by atoms with Crippen LogP contribution in [0.15, 0.2) is 22.7 Å². The lowest BCUT2D eigenvalue weighted by Gasteiger charge is -2.33. The van der Waals surface area contributed by atoms with Gasteiger partial charge in [-0.2, -0.15) is 0 Å². The van der Waals surface area contributed by atoms with Crippen LogP contribution in [0, 0.1) is 19.3 Å². The highest BCUT2D eigenvalue weighted by Gasteiger charge is 2.21. The maximum Gasteiger partial charge on any atom is 0.253 e. The summed E-state index contributed by atoms with van der Waals surface area (Å²) < 4.78 is 1.03. The molecule has 0 bridgehead atoms. The van der Waals surface area contributed by atoms with Crippen molar-refractivity contribution in [2.24, 2.45) is 0 Å². The Bertz CT molecular complexity index is 513. The van der Waals surface area contributed by atoms with E-state index in [9.17, 15) is 4.79 Å². The summed E-state index contributed by atoms with van der Waals surface area (Å²) in [6, 6.07) is 5.73. The van der Waals surface area contributed by atoms with Crippen LogP contribution in [0.25, 0.3) is 0 Å². The van der Waals surface area contributed by atoms with Crippen LogP contribution in [-0.2, 0) is 0 Å². The van der Waals surface area contributed by atoms with Gasteiger partial charge in [-0.15, -0.1) is 6.42 Å². The van der Waals surface area contributed by atoms with E-state index in [0.29, 0.717) is 6.54 Å². The highest BCUT2D eigenvalue weighted by atomic mass is 79.9. The van der Waals surface area contributed by atoms with Crippen molar-refractivity contribution in [2.75, 3.05) is 32.7 Å². The number of aryl methyl sites for hydroxylation is 1. The zero-order chi connectivity index (χ0) is 13.8. The summed E-state index contributed by atoms with van der Waals surface area (Å²) in [6.45, 7) is 5.85. The number of benzene rings is 1. The average molecular weight is 321 g/mol. The summed E-state index contributed by atoms with van der Waals surface area (Å²) in [5.74, 6) is 2.75. The number of terminal acetylenes is 1. The predicted octanol–water partition coefficient (Wildman–Crippen LogP) is 2.15. The molecule has 1 aromatic carbocycles. The zero-order valence-corrected chi connectivity index (χ0v) is 12.6. The van der Waals surface area contributed by atoms with E-state index in [4.69, 9.17) is 6.42 Å². The molecule has 0 radical (unpaired) electrons. The Morgan fingerprint density at radius 2 is 2.05 bits per heavy atom. The molecule has 0 aliphatic carbocycles. The molecular weight excluding hydrogens is 304 g/mol. The van der Waals surface area contributed by atoms with Gasteiger partial charge in [0.1, 0.15) is 0 Å². The van der Waals surface area contributed by atoms with Gasteiger partial charge in [0.25, 0.3) is 5.91 Å². The van der Waals surface area contributed by atoms with Crippen molar-refractivity contribution in [3.8, 4) is 12.3 Å². The standard InChI is InChI=1S/C15H17BrN2O/c1-3-6-17-7-9-18(10-8-17)15(19)13-4-5-14(16)12(2)11-13/h1,4-5,11H,6-10H2,2H3. The Hall–Kier alpha value is -1.31. The van der Waals surface area contributed by atoms with E-state index in [2.05, 4.69) is 26.8 Å². The van der Waals surface area contributed by atoms with Crippen molar-refractivity contribution < 1.29 is 4.79 Å². The number of carbonyl (C=O) groups is 1. The van der Waals surface area contributed by atoms with Gasteiger partial charge in [-0.3, -0.25) is 9.69 Å². The second-order valence-corrected chi connectivity index (χ2v) is 5.59. The normalized spacial score (nSPS) is 16.2. The Labute approximate surface area is 122 Å². The van der Waals surface area contributed by atoms with Crippen LogP contribution >= 0.6 is 15.9 Å². The average Bonchev–Trinajstić information content (AvgIpc) is 2.42. The van der Waals surface area contributed by atoms with Crippen LogP contribution in [0.3, 0.4) is 0 Å². The third kappa shape index (κ3) is 3.37. The van der Waals surface area contributed by atoms with E-state index in [1.54, 1.807) is 0 Å². The Morgan fingerprint density at radius 3 is 2.63 bits per heavy atom. The van der Waals surface area contributed by atoms with Crippen LogP contribution < -0.4 is 0 Å². The van der Waals surface area contributed by atoms with Gasteiger partial charge in [0.2, 0.25) is 0 Å². The number of hydrogen-bond donors (Lipinski definition) is 0. The molecule has 1 amide bonds. The zero-order valence-electron chi connectivity index (χ0n) is 11.0. The van der Waals surface area contributed by atoms with Crippen LogP contribution in [-0.4, -0.2) is 48.4 Å². The summed E-state index contributed by atoms with van der Waals surface area (Å²) in [5.41, 5.74) is 1.84. The van der Waals surface area contributed by atoms with Crippen molar-refractivity contribution in [2.45, 2.75) is 6.92 Å². The van der Waals surface area contributed by atoms with Gasteiger partial charge >= 0.3 is 0 Å². The summed E-state index contributed by atoms with van der Waals surface area (Å²) in [7, 11) is 0. The minimum absolute atomic E-state index is 0.107. The second kappa shape index (κ2) is 6.23. The van der Waals surface area contributed by atoms with Crippen LogP contribution in [0.1, 0.15) is 15.9 Å². The molecule has 3 nitrogen and oxygen atoms in total. The van der Waals surface area contributed by atoms with E-state index in [-0.39, 0.29) is 5.91 Å². The molecule has 1 aliphatic rings. The van der Waals surface area contributed by atoms with E-state index < -0.39 is 0 Å². The topological polar surface area (TPSA) is 23.6 Å². The Kier molecular flexibility index (Phi) is 4.62. The largest absolute Gasteiger partial charge is 0.336 e. The minimum atomic E-state index is 0.107. The van der Waals surface area contributed by atoms with E-state index in [1.165, 1.54) is 0 Å². The SMILES string of the molecule is C#CCN1CCN(C(=O)c2ccc(Br)c(C)c2)CC1. The summed E-state index contributed by atoms with van der Waals surface area (Å²) in [5, 5.41) is 0. The molecule has 19 heavy (non-hydrogen) atoms. The summed E-state index contributed by atoms with van der Waals surface area (Å²) in [4.78, 5) is 16.5. The van der Waals surface area contributed by atoms with Gasteiger partial charge in [0.05, 0.1) is 6.54 Å². The molecule has 1 fully saturated rings. The molecule has 0 N–H and O–H groups in total. The van der Waals surface area contributed by atoms with Crippen LogP contribution in [0.5, 0.6) is 0 Å². The molecule has 0 spiro atoms. The molecule has 1 saturated heterocycles. The van der Waals surface area contributed by atoms with Crippen molar-refractivity contribution in [1.82, 2.24) is 9.80 Å². The van der Waals surface area contributed by atoms with Crippen molar-refractivity contribution in [1.29, 1.82) is 0 Å². The maximum absolute atomic E-state index is 12.4. The first-order chi connectivity index (χ1) is 9.11. The van der Waals surface area contributed by atoms with Gasteiger partial charge < -0.3 is 4.90 Å². The number of halogens is 1. The molecule has 1 aromatic rings. The Balaban J connectivity index is 2.01. The molecule has 1 aliphatic heterocycles. The third-order valence-corrected chi connectivity index (χ3v) is 4.27. The first-order valence-electron chi connectivity index (χ1n) is 6.33. The molecule has 0 unspecified atom stereocenters. The van der Waals surface area contributed by atoms with Gasteiger partial charge in [-0.1, -0.05) is 21.9 Å². The molecule has 4 heteroatoms. The maximum atomic E-state index is 12.4. The van der Waals surface area contributed by atoms with Crippen molar-refractivity contribution in [3.63, 3.8) is 0 Å². The fourth-order valence-electron chi connectivity index (χ4n) is 2.20. The quantitative estimate of drug-likeness (QED) is 0.779. The van der Waals surface area contributed by atoms with E-state index >= 15 is 0 Å². The predicted molar refractivity (Wildman–Crippen MR) is 80.1 cm³/mol. The number of nitrogens with zero attached hydrogens (tertiary/aromatic N) is 2. The lowest BCUT2D eigenvalue weighted by atomic mass is 10.1. The number of rotatable bonds is 2. The highest BCUT2D eigenvalue weighted by Crippen LogP contribution is 2.18.